The van der Waals surface area contributed by atoms with E-state index in [1.54, 1.807) is 18.2 Å². The quantitative estimate of drug-likeness (QED) is 0.597. The second-order valence-electron chi connectivity index (χ2n) is 8.55. The Hall–Kier alpha value is -3.26. The molecule has 0 bridgehead atoms. The highest BCUT2D eigenvalue weighted by Crippen LogP contribution is 2.39. The molecule has 2 aliphatic heterocycles. The fourth-order valence-electron chi connectivity index (χ4n) is 4.61. The third-order valence-electron chi connectivity index (χ3n) is 6.43. The van der Waals surface area contributed by atoms with Gasteiger partial charge in [0.25, 0.3) is 11.8 Å². The molecule has 2 aromatic carbocycles. The average Bonchev–Trinajstić information content (AvgIpc) is 3.08. The number of rotatable bonds is 7. The molecule has 0 aromatic heterocycles. The first-order chi connectivity index (χ1) is 15.9. The van der Waals surface area contributed by atoms with Crippen LogP contribution in [-0.2, 0) is 6.54 Å². The number of methoxy groups -OCH3 is 3. The second kappa shape index (κ2) is 9.31. The number of imide groups is 1. The zero-order chi connectivity index (χ0) is 23.7. The molecule has 1 saturated heterocycles. The van der Waals surface area contributed by atoms with Crippen molar-refractivity contribution in [1.29, 1.82) is 0 Å². The average molecular weight is 454 g/mol. The van der Waals surface area contributed by atoms with Crippen LogP contribution in [0.2, 0.25) is 0 Å². The lowest BCUT2D eigenvalue weighted by Crippen LogP contribution is -2.49. The Morgan fingerprint density at radius 1 is 0.879 bits per heavy atom. The lowest BCUT2D eigenvalue weighted by Gasteiger charge is -2.38. The summed E-state index contributed by atoms with van der Waals surface area (Å²) in [6, 6.07) is 9.55. The largest absolute Gasteiger partial charge is 0.493 e. The van der Waals surface area contributed by atoms with Crippen LogP contribution in [0.4, 0.5) is 5.69 Å². The molecule has 2 aliphatic rings. The van der Waals surface area contributed by atoms with Gasteiger partial charge in [0.1, 0.15) is 0 Å². The van der Waals surface area contributed by atoms with E-state index in [2.05, 4.69) is 23.6 Å². The Labute approximate surface area is 194 Å². The molecule has 2 aromatic rings. The van der Waals surface area contributed by atoms with Crippen molar-refractivity contribution in [3.63, 3.8) is 0 Å². The molecule has 0 spiro atoms. The molecule has 1 fully saturated rings. The van der Waals surface area contributed by atoms with Crippen LogP contribution in [0.1, 0.15) is 40.1 Å². The van der Waals surface area contributed by atoms with E-state index in [1.807, 2.05) is 12.1 Å². The van der Waals surface area contributed by atoms with Gasteiger partial charge < -0.3 is 19.1 Å². The predicted molar refractivity (Wildman–Crippen MR) is 126 cm³/mol. The van der Waals surface area contributed by atoms with Gasteiger partial charge in [-0.25, -0.2) is 0 Å². The molecule has 176 valence electrons. The van der Waals surface area contributed by atoms with Gasteiger partial charge >= 0.3 is 0 Å². The lowest BCUT2D eigenvalue weighted by molar-refractivity contribution is 0.0642. The minimum absolute atomic E-state index is 0.115. The van der Waals surface area contributed by atoms with Gasteiger partial charge in [-0.15, -0.1) is 0 Å². The summed E-state index contributed by atoms with van der Waals surface area (Å²) < 4.78 is 16.2. The molecule has 0 radical (unpaired) electrons. The number of fused-ring (bicyclic) bond motifs is 1. The molecular weight excluding hydrogens is 422 g/mol. The highest BCUT2D eigenvalue weighted by atomic mass is 16.5. The summed E-state index contributed by atoms with van der Waals surface area (Å²) in [5.74, 6) is 0.866. The number of piperazine rings is 1. The molecule has 8 nitrogen and oxygen atoms in total. The number of ether oxygens (including phenoxy) is 3. The van der Waals surface area contributed by atoms with E-state index in [0.29, 0.717) is 40.0 Å². The Morgan fingerprint density at radius 3 is 2.06 bits per heavy atom. The summed E-state index contributed by atoms with van der Waals surface area (Å²) in [4.78, 5) is 32.6. The fraction of sp³-hybridized carbons (Fsp3) is 0.440. The molecule has 2 amide bonds. The normalized spacial score (nSPS) is 16.4. The molecule has 33 heavy (non-hydrogen) atoms. The van der Waals surface area contributed by atoms with Gasteiger partial charge in [0, 0.05) is 32.2 Å². The maximum atomic E-state index is 13.5. The maximum absolute atomic E-state index is 13.5. The van der Waals surface area contributed by atoms with Crippen LogP contribution in [0, 0.1) is 0 Å². The number of benzene rings is 2. The van der Waals surface area contributed by atoms with E-state index in [-0.39, 0.29) is 18.4 Å². The summed E-state index contributed by atoms with van der Waals surface area (Å²) in [6.07, 6.45) is 0. The summed E-state index contributed by atoms with van der Waals surface area (Å²) in [6.45, 7) is 8.01. The number of nitrogens with zero attached hydrogens (tertiary/aromatic N) is 3. The predicted octanol–water partition coefficient (Wildman–Crippen LogP) is 3.04. The Bertz CT molecular complexity index is 1030. The van der Waals surface area contributed by atoms with Crippen LogP contribution in [0.15, 0.2) is 30.3 Å². The van der Waals surface area contributed by atoms with Crippen molar-refractivity contribution in [2.75, 3.05) is 52.4 Å². The Kier molecular flexibility index (Phi) is 6.47. The third-order valence-corrected chi connectivity index (χ3v) is 6.43. The first kappa shape index (κ1) is 22.9. The van der Waals surface area contributed by atoms with Gasteiger partial charge in [-0.2, -0.15) is 0 Å². The topological polar surface area (TPSA) is 71.6 Å². The van der Waals surface area contributed by atoms with Gasteiger partial charge in [-0.05, 0) is 43.7 Å². The highest BCUT2D eigenvalue weighted by Gasteiger charge is 2.39. The van der Waals surface area contributed by atoms with Crippen molar-refractivity contribution in [1.82, 2.24) is 9.80 Å². The monoisotopic (exact) mass is 453 g/mol. The molecule has 0 aliphatic carbocycles. The Morgan fingerprint density at radius 2 is 1.52 bits per heavy atom. The standard InChI is InChI=1S/C25H31N3O5/c1-16(2)26-9-11-27(12-10-26)19-8-6-7-18-22(19)25(30)28(24(18)29)15-17-13-20(31-3)23(33-5)21(14-17)32-4/h6-8,13-14,16H,9-12,15H2,1-5H3. The molecule has 2 heterocycles. The van der Waals surface area contributed by atoms with Crippen molar-refractivity contribution in [3.05, 3.63) is 47.0 Å². The van der Waals surface area contributed by atoms with E-state index in [4.69, 9.17) is 14.2 Å². The van der Waals surface area contributed by atoms with E-state index in [1.165, 1.54) is 26.2 Å². The molecule has 0 unspecified atom stereocenters. The van der Waals surface area contributed by atoms with Crippen LogP contribution >= 0.6 is 0 Å². The summed E-state index contributed by atoms with van der Waals surface area (Å²) >= 11 is 0. The van der Waals surface area contributed by atoms with Crippen molar-refractivity contribution < 1.29 is 23.8 Å². The minimum Gasteiger partial charge on any atom is -0.493 e. The maximum Gasteiger partial charge on any atom is 0.263 e. The molecule has 0 N–H and O–H groups in total. The minimum atomic E-state index is -0.286. The first-order valence-electron chi connectivity index (χ1n) is 11.2. The second-order valence-corrected chi connectivity index (χ2v) is 8.55. The smallest absolute Gasteiger partial charge is 0.263 e. The van der Waals surface area contributed by atoms with Crippen LogP contribution in [-0.4, -0.2) is 75.2 Å². The van der Waals surface area contributed by atoms with Gasteiger partial charge in [-0.1, -0.05) is 6.07 Å². The van der Waals surface area contributed by atoms with Crippen molar-refractivity contribution in [2.24, 2.45) is 0 Å². The third kappa shape index (κ3) is 4.11. The Balaban J connectivity index is 1.61. The molecular formula is C25H31N3O5. The van der Waals surface area contributed by atoms with E-state index >= 15 is 0 Å². The van der Waals surface area contributed by atoms with Crippen molar-refractivity contribution in [2.45, 2.75) is 26.4 Å². The molecule has 0 saturated carbocycles. The molecule has 8 heteroatoms. The molecule has 0 atom stereocenters. The SMILES string of the molecule is COc1cc(CN2C(=O)c3cccc(N4CCN(C(C)C)CC4)c3C2=O)cc(OC)c1OC. The fourth-order valence-corrected chi connectivity index (χ4v) is 4.61. The van der Waals surface area contributed by atoms with E-state index in [9.17, 15) is 9.59 Å². The number of hydrogen-bond donors (Lipinski definition) is 0. The van der Waals surface area contributed by atoms with Gasteiger partial charge in [0.15, 0.2) is 11.5 Å². The highest BCUT2D eigenvalue weighted by molar-refractivity contribution is 6.23. The summed E-state index contributed by atoms with van der Waals surface area (Å²) in [5.41, 5.74) is 2.50. The van der Waals surface area contributed by atoms with E-state index < -0.39 is 0 Å². The number of hydrogen-bond acceptors (Lipinski definition) is 7. The molecule has 4 rings (SSSR count). The zero-order valence-electron chi connectivity index (χ0n) is 19.9. The number of carbonyl (C=O) groups is 2. The number of carbonyl (C=O) groups excluding carboxylic acids is 2. The number of anilines is 1. The van der Waals surface area contributed by atoms with E-state index in [0.717, 1.165) is 31.9 Å². The van der Waals surface area contributed by atoms with Crippen LogP contribution < -0.4 is 19.1 Å². The van der Waals surface area contributed by atoms with Gasteiger partial charge in [-0.3, -0.25) is 19.4 Å². The van der Waals surface area contributed by atoms with Crippen LogP contribution in [0.3, 0.4) is 0 Å². The van der Waals surface area contributed by atoms with Gasteiger partial charge in [0.2, 0.25) is 5.75 Å². The first-order valence-corrected chi connectivity index (χ1v) is 11.2. The lowest BCUT2D eigenvalue weighted by atomic mass is 10.1. The summed E-state index contributed by atoms with van der Waals surface area (Å²) in [7, 11) is 4.61. The van der Waals surface area contributed by atoms with Crippen molar-refractivity contribution in [3.8, 4) is 17.2 Å². The van der Waals surface area contributed by atoms with Gasteiger partial charge in [0.05, 0.1) is 44.7 Å². The van der Waals surface area contributed by atoms with Crippen molar-refractivity contribution >= 4 is 17.5 Å². The van der Waals surface area contributed by atoms with Crippen LogP contribution in [0.25, 0.3) is 0 Å². The van der Waals surface area contributed by atoms with Crippen LogP contribution in [0.5, 0.6) is 17.2 Å². The summed E-state index contributed by atoms with van der Waals surface area (Å²) in [5, 5.41) is 0. The zero-order valence-corrected chi connectivity index (χ0v) is 19.9. The number of amides is 2.